The van der Waals surface area contributed by atoms with Crippen LogP contribution in [0, 0.1) is 11.9 Å². The number of benzene rings is 2. The maximum atomic E-state index is 13.6. The highest BCUT2D eigenvalue weighted by Crippen LogP contribution is 2.24. The normalized spacial score (nSPS) is 10.9. The largest absolute Gasteiger partial charge is 0.338 e. The smallest absolute Gasteiger partial charge is 0.141 e. The van der Waals surface area contributed by atoms with Crippen molar-refractivity contribution in [2.45, 2.75) is 0 Å². The molecule has 0 amide bonds. The highest BCUT2D eigenvalue weighted by molar-refractivity contribution is 6.31. The molecule has 0 fully saturated rings. The summed E-state index contributed by atoms with van der Waals surface area (Å²) in [6, 6.07) is 12.6. The lowest BCUT2D eigenvalue weighted by molar-refractivity contribution is 0.630. The third kappa shape index (κ3) is 1.78. The molecule has 3 aromatic rings. The van der Waals surface area contributed by atoms with Crippen LogP contribution in [-0.4, -0.2) is 9.97 Å². The fourth-order valence-electron chi connectivity index (χ4n) is 1.70. The molecule has 0 aliphatic carbocycles. The first-order chi connectivity index (χ1) is 8.24. The molecule has 1 heterocycles. The molecule has 1 radical (unpaired) electrons. The van der Waals surface area contributed by atoms with Gasteiger partial charge in [0.15, 0.2) is 0 Å². The molecular weight excluding hydrogens is 239 g/mol. The minimum atomic E-state index is -0.325. The zero-order valence-electron chi connectivity index (χ0n) is 8.67. The molecule has 83 valence electrons. The lowest BCUT2D eigenvalue weighted by Gasteiger charge is -1.96. The Morgan fingerprint density at radius 2 is 2.18 bits per heavy atom. The highest BCUT2D eigenvalue weighted by atomic mass is 35.5. The minimum Gasteiger partial charge on any atom is -0.338 e. The zero-order chi connectivity index (χ0) is 11.8. The Morgan fingerprint density at radius 3 is 3.00 bits per heavy atom. The summed E-state index contributed by atoms with van der Waals surface area (Å²) in [6.45, 7) is 0. The fraction of sp³-hybridized carbons (Fsp3) is 0. The van der Waals surface area contributed by atoms with Crippen LogP contribution in [0.1, 0.15) is 0 Å². The Labute approximate surface area is 102 Å². The summed E-state index contributed by atoms with van der Waals surface area (Å²) in [4.78, 5) is 7.35. The Hall–Kier alpha value is -1.87. The zero-order valence-corrected chi connectivity index (χ0v) is 9.42. The first-order valence-corrected chi connectivity index (χ1v) is 5.43. The van der Waals surface area contributed by atoms with E-state index in [4.69, 9.17) is 11.6 Å². The first kappa shape index (κ1) is 10.3. The van der Waals surface area contributed by atoms with E-state index in [1.165, 1.54) is 12.1 Å². The number of aromatic amines is 1. The number of nitrogens with one attached hydrogen (secondary N) is 1. The molecule has 3 rings (SSSR count). The van der Waals surface area contributed by atoms with Crippen molar-refractivity contribution in [2.24, 2.45) is 0 Å². The molecule has 2 aromatic carbocycles. The average Bonchev–Trinajstić information content (AvgIpc) is 2.72. The topological polar surface area (TPSA) is 28.7 Å². The van der Waals surface area contributed by atoms with Gasteiger partial charge in [-0.1, -0.05) is 17.7 Å². The first-order valence-electron chi connectivity index (χ1n) is 5.05. The molecule has 0 atom stereocenters. The van der Waals surface area contributed by atoms with Crippen LogP contribution in [0.15, 0.2) is 36.4 Å². The van der Waals surface area contributed by atoms with Crippen molar-refractivity contribution in [3.05, 3.63) is 53.3 Å². The molecule has 17 heavy (non-hydrogen) atoms. The van der Waals surface area contributed by atoms with E-state index in [0.717, 1.165) is 11.0 Å². The van der Waals surface area contributed by atoms with Gasteiger partial charge in [-0.3, -0.25) is 0 Å². The highest BCUT2D eigenvalue weighted by Gasteiger charge is 2.09. The van der Waals surface area contributed by atoms with Crippen molar-refractivity contribution in [3.8, 4) is 11.4 Å². The monoisotopic (exact) mass is 245 g/mol. The molecule has 1 aromatic heterocycles. The Bertz CT molecular complexity index is 691. The molecular formula is C13H7ClFN2. The lowest BCUT2D eigenvalue weighted by Crippen LogP contribution is -1.85. The summed E-state index contributed by atoms with van der Waals surface area (Å²) in [5.41, 5.74) is 1.95. The third-order valence-corrected chi connectivity index (χ3v) is 2.75. The molecule has 0 bridgehead atoms. The van der Waals surface area contributed by atoms with Crippen LogP contribution in [-0.2, 0) is 0 Å². The van der Waals surface area contributed by atoms with Gasteiger partial charge >= 0.3 is 0 Å². The molecule has 0 unspecified atom stereocenters. The number of fused-ring (bicyclic) bond motifs is 1. The van der Waals surface area contributed by atoms with Crippen molar-refractivity contribution in [2.75, 3.05) is 0 Å². The molecule has 4 heteroatoms. The van der Waals surface area contributed by atoms with Gasteiger partial charge in [-0.2, -0.15) is 0 Å². The number of halogens is 2. The van der Waals surface area contributed by atoms with E-state index in [9.17, 15) is 4.39 Å². The average molecular weight is 246 g/mol. The van der Waals surface area contributed by atoms with E-state index in [0.29, 0.717) is 16.4 Å². The summed E-state index contributed by atoms with van der Waals surface area (Å²) in [7, 11) is 0. The molecule has 0 saturated carbocycles. The van der Waals surface area contributed by atoms with Crippen LogP contribution >= 0.6 is 11.6 Å². The van der Waals surface area contributed by atoms with Crippen LogP contribution in [0.3, 0.4) is 0 Å². The van der Waals surface area contributed by atoms with Crippen molar-refractivity contribution < 1.29 is 4.39 Å². The number of imidazole rings is 1. The number of hydrogen-bond donors (Lipinski definition) is 1. The minimum absolute atomic E-state index is 0.325. The Morgan fingerprint density at radius 1 is 1.29 bits per heavy atom. The third-order valence-electron chi connectivity index (χ3n) is 2.51. The summed E-state index contributed by atoms with van der Waals surface area (Å²) in [5.74, 6) is 0.158. The maximum absolute atomic E-state index is 13.6. The van der Waals surface area contributed by atoms with E-state index in [-0.39, 0.29) is 5.82 Å². The van der Waals surface area contributed by atoms with Gasteiger partial charge in [0.1, 0.15) is 11.6 Å². The second kappa shape index (κ2) is 3.86. The number of aromatic nitrogens is 2. The molecule has 0 spiro atoms. The van der Waals surface area contributed by atoms with E-state index in [1.807, 2.05) is 6.07 Å². The Balaban J connectivity index is 2.22. The van der Waals surface area contributed by atoms with E-state index in [1.54, 1.807) is 18.2 Å². The van der Waals surface area contributed by atoms with Gasteiger partial charge in [0.05, 0.1) is 16.6 Å². The second-order valence-corrected chi connectivity index (χ2v) is 4.09. The summed E-state index contributed by atoms with van der Waals surface area (Å²) in [5, 5.41) is 0.607. The maximum Gasteiger partial charge on any atom is 0.141 e. The van der Waals surface area contributed by atoms with Gasteiger partial charge in [-0.05, 0) is 36.4 Å². The molecule has 0 saturated heterocycles. The van der Waals surface area contributed by atoms with Gasteiger partial charge in [0.2, 0.25) is 0 Å². The predicted molar refractivity (Wildman–Crippen MR) is 65.3 cm³/mol. The van der Waals surface area contributed by atoms with Crippen molar-refractivity contribution in [3.63, 3.8) is 0 Å². The van der Waals surface area contributed by atoms with Gasteiger partial charge in [0, 0.05) is 5.02 Å². The SMILES string of the molecule is Fc1cc[c]cc1-c1nc2cc(Cl)ccc2[nH]1. The number of H-pyrrole nitrogens is 1. The van der Waals surface area contributed by atoms with Gasteiger partial charge in [-0.25, -0.2) is 9.37 Å². The van der Waals surface area contributed by atoms with Crippen molar-refractivity contribution in [1.82, 2.24) is 9.97 Å². The van der Waals surface area contributed by atoms with Crippen molar-refractivity contribution in [1.29, 1.82) is 0 Å². The van der Waals surface area contributed by atoms with E-state index in [2.05, 4.69) is 16.0 Å². The Kier molecular flexibility index (Phi) is 2.34. The van der Waals surface area contributed by atoms with Gasteiger partial charge < -0.3 is 4.98 Å². The van der Waals surface area contributed by atoms with Gasteiger partial charge in [-0.15, -0.1) is 0 Å². The van der Waals surface area contributed by atoms with Crippen LogP contribution in [0.4, 0.5) is 4.39 Å². The standard InChI is InChI=1S/C13H7ClFN2/c14-8-5-6-11-12(7-8)17-13(16-11)9-3-1-2-4-10(9)15/h2-7H,(H,16,17). The quantitative estimate of drug-likeness (QED) is 0.694. The molecule has 1 N–H and O–H groups in total. The van der Waals surface area contributed by atoms with Crippen LogP contribution in [0.25, 0.3) is 22.4 Å². The van der Waals surface area contributed by atoms with Gasteiger partial charge in [0.25, 0.3) is 0 Å². The van der Waals surface area contributed by atoms with Crippen LogP contribution < -0.4 is 0 Å². The lowest BCUT2D eigenvalue weighted by atomic mass is 10.2. The number of hydrogen-bond acceptors (Lipinski definition) is 1. The number of rotatable bonds is 1. The fourth-order valence-corrected chi connectivity index (χ4v) is 1.87. The van der Waals surface area contributed by atoms with E-state index >= 15 is 0 Å². The summed E-state index contributed by atoms with van der Waals surface area (Å²) in [6.07, 6.45) is 0. The van der Waals surface area contributed by atoms with Crippen LogP contribution in [0.2, 0.25) is 5.02 Å². The number of nitrogens with zero attached hydrogens (tertiary/aromatic N) is 1. The summed E-state index contributed by atoms with van der Waals surface area (Å²) >= 11 is 5.87. The molecule has 0 aliphatic rings. The summed E-state index contributed by atoms with van der Waals surface area (Å²) < 4.78 is 13.6. The van der Waals surface area contributed by atoms with Crippen molar-refractivity contribution >= 4 is 22.6 Å². The van der Waals surface area contributed by atoms with Crippen LogP contribution in [0.5, 0.6) is 0 Å². The second-order valence-electron chi connectivity index (χ2n) is 3.65. The molecule has 0 aliphatic heterocycles. The van der Waals surface area contributed by atoms with E-state index < -0.39 is 0 Å². The predicted octanol–water partition coefficient (Wildman–Crippen LogP) is 3.82. The molecule has 2 nitrogen and oxygen atoms in total.